The van der Waals surface area contributed by atoms with Crippen LogP contribution in [0, 0.1) is 6.92 Å². The van der Waals surface area contributed by atoms with Crippen molar-refractivity contribution in [2.75, 3.05) is 19.5 Å². The van der Waals surface area contributed by atoms with Crippen molar-refractivity contribution >= 4 is 11.8 Å². The fourth-order valence-corrected chi connectivity index (χ4v) is 2.95. The van der Waals surface area contributed by atoms with E-state index in [4.69, 9.17) is 9.47 Å². The van der Waals surface area contributed by atoms with E-state index in [9.17, 15) is 0 Å². The average Bonchev–Trinajstić information content (AvgIpc) is 3.11. The number of nitrogens with one attached hydrogen (secondary N) is 1. The Kier molecular flexibility index (Phi) is 5.95. The second-order valence-electron chi connectivity index (χ2n) is 5.56. The van der Waals surface area contributed by atoms with Crippen molar-refractivity contribution in [2.24, 2.45) is 0 Å². The smallest absolute Gasteiger partial charge is 0.208 e. The lowest BCUT2D eigenvalue weighted by Crippen LogP contribution is -1.98. The molecule has 0 spiro atoms. The SMILES string of the molecule is COc1ccc(OCCCSc2n[nH]c(-c3ccc(C)cc3)n2)cc1. The average molecular weight is 355 g/mol. The lowest BCUT2D eigenvalue weighted by Gasteiger charge is -2.06. The van der Waals surface area contributed by atoms with Gasteiger partial charge in [-0.2, -0.15) is 0 Å². The Balaban J connectivity index is 1.41. The highest BCUT2D eigenvalue weighted by Gasteiger charge is 2.06. The summed E-state index contributed by atoms with van der Waals surface area (Å²) in [5, 5.41) is 8.02. The number of benzene rings is 2. The maximum Gasteiger partial charge on any atom is 0.208 e. The number of thioether (sulfide) groups is 1. The van der Waals surface area contributed by atoms with Crippen LogP contribution in [0.3, 0.4) is 0 Å². The summed E-state index contributed by atoms with van der Waals surface area (Å²) < 4.78 is 10.8. The molecule has 6 heteroatoms. The van der Waals surface area contributed by atoms with Crippen molar-refractivity contribution < 1.29 is 9.47 Å². The first kappa shape index (κ1) is 17.4. The molecule has 0 fully saturated rings. The summed E-state index contributed by atoms with van der Waals surface area (Å²) in [7, 11) is 1.65. The highest BCUT2D eigenvalue weighted by Crippen LogP contribution is 2.21. The van der Waals surface area contributed by atoms with Crippen LogP contribution in [0.1, 0.15) is 12.0 Å². The number of aromatic amines is 1. The molecule has 0 aliphatic carbocycles. The van der Waals surface area contributed by atoms with Crippen molar-refractivity contribution in [3.05, 3.63) is 54.1 Å². The number of ether oxygens (including phenoxy) is 2. The van der Waals surface area contributed by atoms with Crippen LogP contribution in [0.5, 0.6) is 11.5 Å². The van der Waals surface area contributed by atoms with Gasteiger partial charge in [-0.15, -0.1) is 5.10 Å². The molecule has 130 valence electrons. The van der Waals surface area contributed by atoms with Gasteiger partial charge in [0.15, 0.2) is 5.82 Å². The van der Waals surface area contributed by atoms with Gasteiger partial charge in [0.2, 0.25) is 5.16 Å². The number of hydrogen-bond acceptors (Lipinski definition) is 5. The lowest BCUT2D eigenvalue weighted by atomic mass is 10.1. The van der Waals surface area contributed by atoms with E-state index >= 15 is 0 Å². The Bertz CT molecular complexity index is 785. The Morgan fingerprint density at radius 1 is 1.00 bits per heavy atom. The molecule has 5 nitrogen and oxygen atoms in total. The van der Waals surface area contributed by atoms with Crippen LogP contribution < -0.4 is 9.47 Å². The number of aromatic nitrogens is 3. The zero-order valence-electron chi connectivity index (χ0n) is 14.4. The lowest BCUT2D eigenvalue weighted by molar-refractivity contribution is 0.318. The molecule has 0 saturated carbocycles. The highest BCUT2D eigenvalue weighted by atomic mass is 32.2. The molecule has 3 rings (SSSR count). The predicted molar refractivity (Wildman–Crippen MR) is 100 cm³/mol. The number of rotatable bonds is 8. The molecule has 1 heterocycles. The summed E-state index contributed by atoms with van der Waals surface area (Å²) in [5.74, 6) is 3.39. The Morgan fingerprint density at radius 3 is 2.44 bits per heavy atom. The van der Waals surface area contributed by atoms with Gasteiger partial charge in [-0.3, -0.25) is 5.10 Å². The maximum atomic E-state index is 5.71. The largest absolute Gasteiger partial charge is 0.497 e. The molecule has 0 radical (unpaired) electrons. The van der Waals surface area contributed by atoms with Gasteiger partial charge in [-0.25, -0.2) is 4.98 Å². The first-order valence-corrected chi connectivity index (χ1v) is 9.12. The van der Waals surface area contributed by atoms with Gasteiger partial charge >= 0.3 is 0 Å². The van der Waals surface area contributed by atoms with Gasteiger partial charge in [0.1, 0.15) is 11.5 Å². The van der Waals surface area contributed by atoms with E-state index in [1.54, 1.807) is 18.9 Å². The standard InChI is InChI=1S/C19H21N3O2S/c1-14-4-6-15(7-5-14)18-20-19(22-21-18)25-13-3-12-24-17-10-8-16(23-2)9-11-17/h4-11H,3,12-13H2,1-2H3,(H,20,21,22). The molecule has 0 bridgehead atoms. The molecule has 0 saturated heterocycles. The molecule has 2 aromatic carbocycles. The summed E-state index contributed by atoms with van der Waals surface area (Å²) in [4.78, 5) is 4.53. The second kappa shape index (κ2) is 8.58. The Hall–Kier alpha value is -2.47. The molecular formula is C19H21N3O2S. The van der Waals surface area contributed by atoms with Gasteiger partial charge < -0.3 is 9.47 Å². The molecule has 25 heavy (non-hydrogen) atoms. The van der Waals surface area contributed by atoms with Crippen LogP contribution in [0.15, 0.2) is 53.7 Å². The molecule has 0 aliphatic rings. The number of H-pyrrole nitrogens is 1. The molecule has 0 atom stereocenters. The number of hydrogen-bond donors (Lipinski definition) is 1. The van der Waals surface area contributed by atoms with Crippen LogP contribution in [0.25, 0.3) is 11.4 Å². The van der Waals surface area contributed by atoms with Crippen molar-refractivity contribution in [2.45, 2.75) is 18.5 Å². The minimum atomic E-state index is 0.661. The Labute approximate surface area is 151 Å². The van der Waals surface area contributed by atoms with E-state index < -0.39 is 0 Å². The topological polar surface area (TPSA) is 60.0 Å². The molecule has 1 N–H and O–H groups in total. The van der Waals surface area contributed by atoms with Gasteiger partial charge in [0.25, 0.3) is 0 Å². The van der Waals surface area contributed by atoms with E-state index in [0.717, 1.165) is 40.2 Å². The third-order valence-electron chi connectivity index (χ3n) is 3.64. The van der Waals surface area contributed by atoms with Crippen LogP contribution in [0.4, 0.5) is 0 Å². The van der Waals surface area contributed by atoms with Crippen molar-refractivity contribution in [1.29, 1.82) is 0 Å². The normalized spacial score (nSPS) is 10.6. The van der Waals surface area contributed by atoms with Crippen LogP contribution in [-0.4, -0.2) is 34.7 Å². The quantitative estimate of drug-likeness (QED) is 0.481. The van der Waals surface area contributed by atoms with E-state index in [1.807, 2.05) is 36.4 Å². The maximum absolute atomic E-state index is 5.71. The first-order chi connectivity index (χ1) is 12.2. The zero-order valence-corrected chi connectivity index (χ0v) is 15.2. The summed E-state index contributed by atoms with van der Waals surface area (Å²) in [6.45, 7) is 2.73. The molecule has 0 unspecified atom stereocenters. The van der Waals surface area contributed by atoms with Crippen LogP contribution in [-0.2, 0) is 0 Å². The number of aryl methyl sites for hydroxylation is 1. The molecule has 3 aromatic rings. The number of nitrogens with zero attached hydrogens (tertiary/aromatic N) is 2. The summed E-state index contributed by atoms with van der Waals surface area (Å²) in [5.41, 5.74) is 2.28. The third kappa shape index (κ3) is 5.00. The molecule has 0 aliphatic heterocycles. The second-order valence-corrected chi connectivity index (χ2v) is 6.62. The fourth-order valence-electron chi connectivity index (χ4n) is 2.24. The van der Waals surface area contributed by atoms with Crippen LogP contribution >= 0.6 is 11.8 Å². The van der Waals surface area contributed by atoms with E-state index in [0.29, 0.717) is 6.61 Å². The number of methoxy groups -OCH3 is 1. The summed E-state index contributed by atoms with van der Waals surface area (Å²) >= 11 is 1.63. The Morgan fingerprint density at radius 2 is 1.72 bits per heavy atom. The van der Waals surface area contributed by atoms with Gasteiger partial charge in [-0.05, 0) is 37.6 Å². The van der Waals surface area contributed by atoms with Gasteiger partial charge in [-0.1, -0.05) is 41.6 Å². The predicted octanol–water partition coefficient (Wildman–Crippen LogP) is 4.35. The van der Waals surface area contributed by atoms with Crippen molar-refractivity contribution in [3.63, 3.8) is 0 Å². The van der Waals surface area contributed by atoms with Crippen molar-refractivity contribution in [3.8, 4) is 22.9 Å². The van der Waals surface area contributed by atoms with Crippen molar-refractivity contribution in [1.82, 2.24) is 15.2 Å². The van der Waals surface area contributed by atoms with E-state index in [2.05, 4.69) is 34.2 Å². The molecule has 1 aromatic heterocycles. The summed E-state index contributed by atoms with van der Waals surface area (Å²) in [6, 6.07) is 15.8. The summed E-state index contributed by atoms with van der Waals surface area (Å²) in [6.07, 6.45) is 0.922. The zero-order chi connectivity index (χ0) is 17.5. The monoisotopic (exact) mass is 355 g/mol. The van der Waals surface area contributed by atoms with Gasteiger partial charge in [0, 0.05) is 11.3 Å². The minimum absolute atomic E-state index is 0.661. The van der Waals surface area contributed by atoms with Crippen LogP contribution in [0.2, 0.25) is 0 Å². The molecular weight excluding hydrogens is 334 g/mol. The van der Waals surface area contributed by atoms with E-state index in [-0.39, 0.29) is 0 Å². The van der Waals surface area contributed by atoms with E-state index in [1.165, 1.54) is 5.56 Å². The first-order valence-electron chi connectivity index (χ1n) is 8.14. The highest BCUT2D eigenvalue weighted by molar-refractivity contribution is 7.99. The third-order valence-corrected chi connectivity index (χ3v) is 4.57. The molecule has 0 amide bonds. The minimum Gasteiger partial charge on any atom is -0.497 e. The fraction of sp³-hybridized carbons (Fsp3) is 0.263. The van der Waals surface area contributed by atoms with Gasteiger partial charge in [0.05, 0.1) is 13.7 Å².